The fourth-order valence-electron chi connectivity index (χ4n) is 3.47. The van der Waals surface area contributed by atoms with E-state index in [9.17, 15) is 28.5 Å². The second kappa shape index (κ2) is 9.84. The number of aliphatic hydroxyl groups is 3. The van der Waals surface area contributed by atoms with E-state index >= 15 is 0 Å². The lowest BCUT2D eigenvalue weighted by Gasteiger charge is -2.42. The predicted octanol–water partition coefficient (Wildman–Crippen LogP) is 0.0476. The SMILES string of the molecule is CC(=O)N[C@H]1[C@H](Oc2ccccc2-c2cccc(NS(C)(=O)=O)c2)O[C@H](CO)[C@H](O)[C@@H]1O. The fraction of sp³-hybridized carbons (Fsp3) is 0.381. The maximum Gasteiger partial charge on any atom is 0.229 e. The van der Waals surface area contributed by atoms with Crippen molar-refractivity contribution >= 4 is 21.6 Å². The zero-order chi connectivity index (χ0) is 23.5. The molecule has 174 valence electrons. The molecular formula is C21H26N2O8S. The number of amides is 1. The Morgan fingerprint density at radius 2 is 1.84 bits per heavy atom. The third kappa shape index (κ3) is 5.75. The molecule has 1 fully saturated rings. The van der Waals surface area contributed by atoms with Crippen molar-refractivity contribution in [1.82, 2.24) is 5.32 Å². The molecule has 0 radical (unpaired) electrons. The van der Waals surface area contributed by atoms with Gasteiger partial charge in [0.2, 0.25) is 22.2 Å². The predicted molar refractivity (Wildman–Crippen MR) is 116 cm³/mol. The monoisotopic (exact) mass is 466 g/mol. The molecule has 0 saturated carbocycles. The lowest BCUT2D eigenvalue weighted by atomic mass is 9.96. The smallest absolute Gasteiger partial charge is 0.229 e. The maximum atomic E-state index is 11.6. The highest BCUT2D eigenvalue weighted by molar-refractivity contribution is 7.92. The molecule has 0 spiro atoms. The lowest BCUT2D eigenvalue weighted by molar-refractivity contribution is -0.244. The van der Waals surface area contributed by atoms with E-state index in [1.165, 1.54) is 6.92 Å². The van der Waals surface area contributed by atoms with Gasteiger partial charge in [-0.15, -0.1) is 0 Å². The van der Waals surface area contributed by atoms with Crippen molar-refractivity contribution in [3.63, 3.8) is 0 Å². The summed E-state index contributed by atoms with van der Waals surface area (Å²) in [5.74, 6) is -0.140. The molecule has 1 aliphatic heterocycles. The van der Waals surface area contributed by atoms with E-state index in [4.69, 9.17) is 9.47 Å². The number of rotatable bonds is 7. The number of para-hydroxylation sites is 1. The number of carbonyl (C=O) groups excluding carboxylic acids is 1. The van der Waals surface area contributed by atoms with Crippen molar-refractivity contribution < 1.29 is 38.0 Å². The van der Waals surface area contributed by atoms with Crippen molar-refractivity contribution in [2.45, 2.75) is 37.6 Å². The van der Waals surface area contributed by atoms with Crippen molar-refractivity contribution in [3.05, 3.63) is 48.5 Å². The van der Waals surface area contributed by atoms with Crippen LogP contribution >= 0.6 is 0 Å². The Bertz CT molecular complexity index is 1060. The van der Waals surface area contributed by atoms with Gasteiger partial charge in [0.05, 0.1) is 12.9 Å². The molecule has 1 heterocycles. The molecule has 11 heteroatoms. The van der Waals surface area contributed by atoms with Crippen molar-refractivity contribution in [1.29, 1.82) is 0 Å². The second-order valence-corrected chi connectivity index (χ2v) is 9.25. The number of ether oxygens (including phenoxy) is 2. The number of anilines is 1. The maximum absolute atomic E-state index is 11.6. The summed E-state index contributed by atoms with van der Waals surface area (Å²) >= 11 is 0. The number of carbonyl (C=O) groups is 1. The van der Waals surface area contributed by atoms with E-state index in [0.29, 0.717) is 22.6 Å². The van der Waals surface area contributed by atoms with E-state index in [2.05, 4.69) is 10.0 Å². The topological polar surface area (TPSA) is 154 Å². The summed E-state index contributed by atoms with van der Waals surface area (Å²) in [7, 11) is -3.46. The van der Waals surface area contributed by atoms with Gasteiger partial charge in [-0.2, -0.15) is 0 Å². The molecule has 2 aromatic rings. The Hall–Kier alpha value is -2.70. The number of sulfonamides is 1. The highest BCUT2D eigenvalue weighted by Gasteiger charge is 2.46. The van der Waals surface area contributed by atoms with Gasteiger partial charge in [-0.25, -0.2) is 8.42 Å². The Kier molecular flexibility index (Phi) is 7.36. The van der Waals surface area contributed by atoms with Gasteiger partial charge < -0.3 is 30.1 Å². The van der Waals surface area contributed by atoms with E-state index in [-0.39, 0.29) is 0 Å². The average Bonchev–Trinajstić information content (AvgIpc) is 2.72. The standard InChI is InChI=1S/C21H26N2O8S/c1-12(25)22-18-20(27)19(26)17(11-24)31-21(18)30-16-9-4-3-8-15(16)13-6-5-7-14(10-13)23-32(2,28)29/h3-10,17-21,23-24,26-27H,11H2,1-2H3,(H,22,25)/t17-,18-,19+,20-,21-/m1/s1. The first kappa shape index (κ1) is 24.0. The summed E-state index contributed by atoms with van der Waals surface area (Å²) < 4.78 is 37.2. The molecule has 0 unspecified atom stereocenters. The molecule has 0 aromatic heterocycles. The first-order valence-electron chi connectivity index (χ1n) is 9.82. The molecular weight excluding hydrogens is 440 g/mol. The van der Waals surface area contributed by atoms with E-state index in [0.717, 1.165) is 6.26 Å². The van der Waals surface area contributed by atoms with Gasteiger partial charge in [0.1, 0.15) is 30.1 Å². The average molecular weight is 467 g/mol. The molecule has 1 saturated heterocycles. The summed E-state index contributed by atoms with van der Waals surface area (Å²) in [4.78, 5) is 11.6. The van der Waals surface area contributed by atoms with Gasteiger partial charge in [0.15, 0.2) is 0 Å². The van der Waals surface area contributed by atoms with Crippen LogP contribution in [0.3, 0.4) is 0 Å². The quantitative estimate of drug-likeness (QED) is 0.383. The van der Waals surface area contributed by atoms with E-state index in [1.54, 1.807) is 48.5 Å². The first-order valence-corrected chi connectivity index (χ1v) is 11.7. The summed E-state index contributed by atoms with van der Waals surface area (Å²) in [5.41, 5.74) is 1.60. The van der Waals surface area contributed by atoms with Crippen LogP contribution in [0.1, 0.15) is 6.92 Å². The Morgan fingerprint density at radius 3 is 2.50 bits per heavy atom. The largest absolute Gasteiger partial charge is 0.462 e. The van der Waals surface area contributed by atoms with Crippen LogP contribution in [0.2, 0.25) is 0 Å². The Labute approximate surface area is 185 Å². The highest BCUT2D eigenvalue weighted by atomic mass is 32.2. The van der Waals surface area contributed by atoms with Gasteiger partial charge in [-0.3, -0.25) is 9.52 Å². The lowest BCUT2D eigenvalue weighted by Crippen LogP contribution is -2.65. The number of benzene rings is 2. The second-order valence-electron chi connectivity index (χ2n) is 7.50. The molecule has 5 N–H and O–H groups in total. The normalized spacial score (nSPS) is 25.7. The van der Waals surface area contributed by atoms with Gasteiger partial charge in [0, 0.05) is 18.2 Å². The van der Waals surface area contributed by atoms with Gasteiger partial charge in [-0.05, 0) is 23.8 Å². The summed E-state index contributed by atoms with van der Waals surface area (Å²) in [6.07, 6.45) is -4.14. The Balaban J connectivity index is 1.94. The third-order valence-electron chi connectivity index (χ3n) is 4.86. The minimum Gasteiger partial charge on any atom is -0.462 e. The van der Waals surface area contributed by atoms with Crippen LogP contribution in [0.4, 0.5) is 5.69 Å². The number of hydrogen-bond donors (Lipinski definition) is 5. The summed E-state index contributed by atoms with van der Waals surface area (Å²) in [6.45, 7) is 0.689. The zero-order valence-corrected chi connectivity index (χ0v) is 18.3. The number of aliphatic hydroxyl groups excluding tert-OH is 3. The minimum absolute atomic E-state index is 0.324. The van der Waals surface area contributed by atoms with E-state index < -0.39 is 53.2 Å². The van der Waals surface area contributed by atoms with Crippen LogP contribution in [0.25, 0.3) is 11.1 Å². The third-order valence-corrected chi connectivity index (χ3v) is 5.46. The van der Waals surface area contributed by atoms with Gasteiger partial charge in [0.25, 0.3) is 0 Å². The molecule has 3 rings (SSSR count). The molecule has 5 atom stereocenters. The van der Waals surface area contributed by atoms with Crippen molar-refractivity contribution in [2.24, 2.45) is 0 Å². The van der Waals surface area contributed by atoms with Crippen LogP contribution < -0.4 is 14.8 Å². The number of nitrogens with one attached hydrogen (secondary N) is 2. The molecule has 0 aliphatic carbocycles. The van der Waals surface area contributed by atoms with Crippen LogP contribution in [-0.4, -0.2) is 73.2 Å². The van der Waals surface area contributed by atoms with Crippen molar-refractivity contribution in [2.75, 3.05) is 17.6 Å². The van der Waals surface area contributed by atoms with Crippen LogP contribution in [0, 0.1) is 0 Å². The van der Waals surface area contributed by atoms with Gasteiger partial charge >= 0.3 is 0 Å². The zero-order valence-electron chi connectivity index (χ0n) is 17.5. The first-order chi connectivity index (χ1) is 15.1. The molecule has 1 aliphatic rings. The summed E-state index contributed by atoms with van der Waals surface area (Å²) in [6, 6.07) is 12.4. The van der Waals surface area contributed by atoms with E-state index in [1.807, 2.05) is 0 Å². The fourth-order valence-corrected chi connectivity index (χ4v) is 4.02. The molecule has 1 amide bonds. The molecule has 10 nitrogen and oxygen atoms in total. The molecule has 0 bridgehead atoms. The van der Waals surface area contributed by atoms with Gasteiger partial charge in [-0.1, -0.05) is 30.3 Å². The summed E-state index contributed by atoms with van der Waals surface area (Å²) in [5, 5.41) is 32.6. The molecule has 32 heavy (non-hydrogen) atoms. The van der Waals surface area contributed by atoms with Crippen LogP contribution in [0.5, 0.6) is 5.75 Å². The molecule has 2 aromatic carbocycles. The Morgan fingerprint density at radius 1 is 1.12 bits per heavy atom. The van der Waals surface area contributed by atoms with Crippen molar-refractivity contribution in [3.8, 4) is 16.9 Å². The highest BCUT2D eigenvalue weighted by Crippen LogP contribution is 2.34. The van der Waals surface area contributed by atoms with Crippen LogP contribution in [-0.2, 0) is 19.6 Å². The van der Waals surface area contributed by atoms with Crippen LogP contribution in [0.15, 0.2) is 48.5 Å². The number of hydrogen-bond acceptors (Lipinski definition) is 8. The minimum atomic E-state index is -3.46.